The lowest BCUT2D eigenvalue weighted by Gasteiger charge is -2.13. The first-order valence-electron chi connectivity index (χ1n) is 7.30. The van der Waals surface area contributed by atoms with Gasteiger partial charge in [0.1, 0.15) is 5.75 Å². The number of ether oxygens (including phenoxy) is 1. The maximum Gasteiger partial charge on any atom is 0.335 e. The molecule has 8 heteroatoms. The summed E-state index contributed by atoms with van der Waals surface area (Å²) in [5.74, 6) is -6.97. The smallest absolute Gasteiger partial charge is 0.335 e. The summed E-state index contributed by atoms with van der Waals surface area (Å²) in [6.45, 7) is 2.15. The van der Waals surface area contributed by atoms with Gasteiger partial charge in [-0.05, 0) is 36.8 Å². The highest BCUT2D eigenvalue weighted by atomic mass is 19.2. The van der Waals surface area contributed by atoms with Gasteiger partial charge < -0.3 is 15.2 Å². The van der Waals surface area contributed by atoms with Gasteiger partial charge in [0.15, 0.2) is 17.5 Å². The van der Waals surface area contributed by atoms with E-state index >= 15 is 0 Å². The molecule has 2 N–H and O–H groups in total. The molecule has 132 valence electrons. The Morgan fingerprint density at radius 1 is 1.12 bits per heavy atom. The Kier molecular flexibility index (Phi) is 5.63. The van der Waals surface area contributed by atoms with E-state index in [2.05, 4.69) is 5.32 Å². The molecule has 0 aromatic heterocycles. The van der Waals surface area contributed by atoms with Crippen LogP contribution < -0.4 is 10.1 Å². The van der Waals surface area contributed by atoms with Crippen LogP contribution >= 0.6 is 0 Å². The molecule has 0 unspecified atom stereocenters. The lowest BCUT2D eigenvalue weighted by molar-refractivity contribution is 0.0696. The molecule has 0 bridgehead atoms. The van der Waals surface area contributed by atoms with Crippen LogP contribution in [0.5, 0.6) is 5.75 Å². The largest absolute Gasteiger partial charge is 0.491 e. The third kappa shape index (κ3) is 4.09. The molecule has 1 amide bonds. The maximum absolute atomic E-state index is 13.7. The molecule has 0 aliphatic rings. The van der Waals surface area contributed by atoms with Crippen molar-refractivity contribution in [3.63, 3.8) is 0 Å². The second-order valence-corrected chi connectivity index (χ2v) is 5.04. The monoisotopic (exact) mass is 353 g/mol. The van der Waals surface area contributed by atoms with Crippen LogP contribution in [0.15, 0.2) is 30.3 Å². The number of carboxylic acid groups (broad SMARTS) is 1. The van der Waals surface area contributed by atoms with Gasteiger partial charge in [-0.15, -0.1) is 0 Å². The first-order valence-corrected chi connectivity index (χ1v) is 7.30. The van der Waals surface area contributed by atoms with Crippen molar-refractivity contribution in [1.29, 1.82) is 0 Å². The normalized spacial score (nSPS) is 10.4. The Morgan fingerprint density at radius 3 is 2.48 bits per heavy atom. The van der Waals surface area contributed by atoms with Crippen LogP contribution in [0.2, 0.25) is 0 Å². The first-order chi connectivity index (χ1) is 11.8. The third-order valence-electron chi connectivity index (χ3n) is 3.22. The van der Waals surface area contributed by atoms with E-state index in [0.717, 1.165) is 12.1 Å². The fourth-order valence-corrected chi connectivity index (χ4v) is 1.99. The molecule has 0 saturated carbocycles. The number of carbonyl (C=O) groups excluding carboxylic acids is 1. The Balaban J connectivity index is 2.37. The van der Waals surface area contributed by atoms with Gasteiger partial charge >= 0.3 is 5.97 Å². The Labute approximate surface area is 141 Å². The molecule has 0 heterocycles. The van der Waals surface area contributed by atoms with Gasteiger partial charge in [-0.25, -0.2) is 18.0 Å². The summed E-state index contributed by atoms with van der Waals surface area (Å²) < 4.78 is 45.4. The van der Waals surface area contributed by atoms with Crippen LogP contribution in [0, 0.1) is 17.5 Å². The predicted molar refractivity (Wildman–Crippen MR) is 83.5 cm³/mol. The summed E-state index contributed by atoms with van der Waals surface area (Å²) in [4.78, 5) is 23.2. The molecule has 0 atom stereocenters. The van der Waals surface area contributed by atoms with Crippen molar-refractivity contribution in [2.75, 3.05) is 11.9 Å². The molecule has 5 nitrogen and oxygen atoms in total. The van der Waals surface area contributed by atoms with Gasteiger partial charge in [0, 0.05) is 0 Å². The number of rotatable bonds is 6. The van der Waals surface area contributed by atoms with Crippen LogP contribution in [0.4, 0.5) is 18.9 Å². The van der Waals surface area contributed by atoms with E-state index in [4.69, 9.17) is 9.84 Å². The topological polar surface area (TPSA) is 75.6 Å². The zero-order valence-electron chi connectivity index (χ0n) is 13.1. The zero-order valence-corrected chi connectivity index (χ0v) is 13.1. The summed E-state index contributed by atoms with van der Waals surface area (Å²) >= 11 is 0. The van der Waals surface area contributed by atoms with Crippen LogP contribution in [-0.4, -0.2) is 23.6 Å². The number of hydrogen-bond donors (Lipinski definition) is 2. The Bertz CT molecular complexity index is 824. The van der Waals surface area contributed by atoms with Crippen molar-refractivity contribution < 1.29 is 32.6 Å². The quantitative estimate of drug-likeness (QED) is 0.774. The van der Waals surface area contributed by atoms with E-state index in [9.17, 15) is 22.8 Å². The van der Waals surface area contributed by atoms with Crippen LogP contribution in [-0.2, 0) is 0 Å². The first kappa shape index (κ1) is 18.3. The summed E-state index contributed by atoms with van der Waals surface area (Å²) in [5.41, 5.74) is -0.881. The summed E-state index contributed by atoms with van der Waals surface area (Å²) in [5, 5.41) is 11.3. The number of carbonyl (C=O) groups is 2. The van der Waals surface area contributed by atoms with Crippen LogP contribution in [0.25, 0.3) is 0 Å². The number of benzene rings is 2. The molecule has 0 fully saturated rings. The fraction of sp³-hybridized carbons (Fsp3) is 0.176. The summed E-state index contributed by atoms with van der Waals surface area (Å²) in [6, 6.07) is 5.16. The Hall–Kier alpha value is -3.03. The number of anilines is 1. The third-order valence-corrected chi connectivity index (χ3v) is 3.22. The molecule has 25 heavy (non-hydrogen) atoms. The van der Waals surface area contributed by atoms with E-state index < -0.39 is 34.9 Å². The SMILES string of the molecule is CCCOc1ccc(C(=O)O)cc1NC(=O)c1ccc(F)c(F)c1F. The number of carboxylic acids is 1. The molecule has 2 rings (SSSR count). The molecule has 0 spiro atoms. The predicted octanol–water partition coefficient (Wildman–Crippen LogP) is 3.84. The van der Waals surface area contributed by atoms with Crippen molar-refractivity contribution in [2.45, 2.75) is 13.3 Å². The maximum atomic E-state index is 13.7. The number of nitrogens with one attached hydrogen (secondary N) is 1. The summed E-state index contributed by atoms with van der Waals surface area (Å²) in [7, 11) is 0. The molecule has 0 radical (unpaired) electrons. The van der Waals surface area contributed by atoms with Gasteiger partial charge in [-0.1, -0.05) is 6.92 Å². The lowest BCUT2D eigenvalue weighted by atomic mass is 10.1. The number of amides is 1. The molecular formula is C17H14F3NO4. The average molecular weight is 353 g/mol. The fourth-order valence-electron chi connectivity index (χ4n) is 1.99. The highest BCUT2D eigenvalue weighted by molar-refractivity contribution is 6.05. The minimum atomic E-state index is -1.77. The van der Waals surface area contributed by atoms with Gasteiger partial charge in [-0.3, -0.25) is 4.79 Å². The number of halogens is 3. The number of aromatic carboxylic acids is 1. The highest BCUT2D eigenvalue weighted by Gasteiger charge is 2.20. The highest BCUT2D eigenvalue weighted by Crippen LogP contribution is 2.27. The van der Waals surface area contributed by atoms with Gasteiger partial charge in [0.2, 0.25) is 0 Å². The van der Waals surface area contributed by atoms with Crippen molar-refractivity contribution >= 4 is 17.6 Å². The van der Waals surface area contributed by atoms with Crippen LogP contribution in [0.1, 0.15) is 34.1 Å². The van der Waals surface area contributed by atoms with E-state index in [1.54, 1.807) is 0 Å². The molecule has 0 aliphatic carbocycles. The molecular weight excluding hydrogens is 339 g/mol. The van der Waals surface area contributed by atoms with E-state index in [0.29, 0.717) is 19.1 Å². The minimum Gasteiger partial charge on any atom is -0.491 e. The average Bonchev–Trinajstić information content (AvgIpc) is 2.58. The van der Waals surface area contributed by atoms with Crippen LogP contribution in [0.3, 0.4) is 0 Å². The van der Waals surface area contributed by atoms with Crippen molar-refractivity contribution in [2.24, 2.45) is 0 Å². The van der Waals surface area contributed by atoms with E-state index in [-0.39, 0.29) is 17.0 Å². The summed E-state index contributed by atoms with van der Waals surface area (Å²) in [6.07, 6.45) is 0.659. The minimum absolute atomic E-state index is 0.0255. The Morgan fingerprint density at radius 2 is 1.84 bits per heavy atom. The van der Waals surface area contributed by atoms with Crippen molar-refractivity contribution in [3.05, 3.63) is 58.9 Å². The molecule has 2 aromatic rings. The lowest BCUT2D eigenvalue weighted by Crippen LogP contribution is -2.16. The van der Waals surface area contributed by atoms with Crippen molar-refractivity contribution in [1.82, 2.24) is 0 Å². The van der Waals surface area contributed by atoms with E-state index in [1.165, 1.54) is 12.1 Å². The number of hydrogen-bond acceptors (Lipinski definition) is 3. The van der Waals surface area contributed by atoms with E-state index in [1.807, 2.05) is 6.92 Å². The van der Waals surface area contributed by atoms with Gasteiger partial charge in [0.25, 0.3) is 5.91 Å². The van der Waals surface area contributed by atoms with Crippen molar-refractivity contribution in [3.8, 4) is 5.75 Å². The molecule has 0 aliphatic heterocycles. The second kappa shape index (κ2) is 7.69. The second-order valence-electron chi connectivity index (χ2n) is 5.04. The standard InChI is InChI=1S/C17H14F3NO4/c1-2-7-25-13-6-3-9(17(23)24)8-12(13)21-16(22)10-4-5-11(18)15(20)14(10)19/h3-6,8H,2,7H2,1H3,(H,21,22)(H,23,24). The molecule has 2 aromatic carbocycles. The van der Waals surface area contributed by atoms with Gasteiger partial charge in [-0.2, -0.15) is 0 Å². The molecule has 0 saturated heterocycles. The zero-order chi connectivity index (χ0) is 18.6. The van der Waals surface area contributed by atoms with Gasteiger partial charge in [0.05, 0.1) is 23.4 Å².